The Balaban J connectivity index is 2.36. The molecule has 1 aromatic heterocycles. The summed E-state index contributed by atoms with van der Waals surface area (Å²) in [5.41, 5.74) is 2.19. The highest BCUT2D eigenvalue weighted by Crippen LogP contribution is 2.11. The lowest BCUT2D eigenvalue weighted by atomic mass is 10.2. The van der Waals surface area contributed by atoms with Gasteiger partial charge in [-0.2, -0.15) is 11.8 Å². The molecule has 74 valence electrons. The Kier molecular flexibility index (Phi) is 4.32. The minimum absolute atomic E-state index is 0.863. The lowest BCUT2D eigenvalue weighted by molar-refractivity contribution is 0.392. The maximum Gasteiger partial charge on any atom is 0.138 e. The third-order valence-corrected chi connectivity index (χ3v) is 2.58. The number of hydrogen-bond donors (Lipinski definition) is 1. The smallest absolute Gasteiger partial charge is 0.138 e. The molecule has 0 saturated heterocycles. The van der Waals surface area contributed by atoms with Gasteiger partial charge in [0.2, 0.25) is 0 Å². The average Bonchev–Trinajstić information content (AvgIpc) is 2.42. The zero-order chi connectivity index (χ0) is 9.68. The molecule has 0 aromatic carbocycles. The fourth-order valence-electron chi connectivity index (χ4n) is 1.14. The van der Waals surface area contributed by atoms with Crippen LogP contribution in [0.5, 0.6) is 0 Å². The molecule has 0 amide bonds. The van der Waals surface area contributed by atoms with E-state index in [2.05, 4.69) is 16.7 Å². The first-order valence-electron chi connectivity index (χ1n) is 4.37. The van der Waals surface area contributed by atoms with Crippen molar-refractivity contribution in [2.24, 2.45) is 0 Å². The number of aromatic nitrogens is 1. The molecule has 0 unspecified atom stereocenters. The highest BCUT2D eigenvalue weighted by Gasteiger charge is 2.06. The Hall–Kier alpha value is -0.480. The van der Waals surface area contributed by atoms with Gasteiger partial charge in [-0.1, -0.05) is 5.16 Å². The van der Waals surface area contributed by atoms with Crippen molar-refractivity contribution in [3.8, 4) is 0 Å². The summed E-state index contributed by atoms with van der Waals surface area (Å²) in [4.78, 5) is 0. The van der Waals surface area contributed by atoms with Crippen molar-refractivity contribution < 1.29 is 4.52 Å². The van der Waals surface area contributed by atoms with Gasteiger partial charge in [-0.3, -0.25) is 0 Å². The molecule has 0 saturated carbocycles. The number of aryl methyl sites for hydroxylation is 2. The molecule has 0 bridgehead atoms. The van der Waals surface area contributed by atoms with E-state index in [9.17, 15) is 0 Å². The molecular formula is C9H16N2OS. The van der Waals surface area contributed by atoms with Crippen LogP contribution >= 0.6 is 11.8 Å². The SMILES string of the molecule is CSCCNCc1c(C)noc1C. The molecule has 1 rings (SSSR count). The predicted molar refractivity (Wildman–Crippen MR) is 56.1 cm³/mol. The highest BCUT2D eigenvalue weighted by atomic mass is 32.2. The van der Waals surface area contributed by atoms with Gasteiger partial charge in [-0.05, 0) is 20.1 Å². The van der Waals surface area contributed by atoms with Crippen LogP contribution in [0.4, 0.5) is 0 Å². The largest absolute Gasteiger partial charge is 0.361 e. The Morgan fingerprint density at radius 2 is 2.23 bits per heavy atom. The second kappa shape index (κ2) is 5.29. The van der Waals surface area contributed by atoms with E-state index in [1.807, 2.05) is 25.6 Å². The lowest BCUT2D eigenvalue weighted by Crippen LogP contribution is -2.17. The first kappa shape index (κ1) is 10.6. The van der Waals surface area contributed by atoms with E-state index in [1.54, 1.807) is 0 Å². The maximum atomic E-state index is 5.06. The minimum atomic E-state index is 0.863. The minimum Gasteiger partial charge on any atom is -0.361 e. The summed E-state index contributed by atoms with van der Waals surface area (Å²) in [5.74, 6) is 2.07. The Morgan fingerprint density at radius 3 is 2.77 bits per heavy atom. The van der Waals surface area contributed by atoms with Gasteiger partial charge in [0, 0.05) is 24.4 Å². The third-order valence-electron chi connectivity index (χ3n) is 1.97. The molecule has 0 aliphatic rings. The molecule has 0 radical (unpaired) electrons. The van der Waals surface area contributed by atoms with Crippen molar-refractivity contribution in [3.63, 3.8) is 0 Å². The van der Waals surface area contributed by atoms with Crippen LogP contribution in [-0.2, 0) is 6.54 Å². The van der Waals surface area contributed by atoms with Crippen LogP contribution in [0.3, 0.4) is 0 Å². The topological polar surface area (TPSA) is 38.1 Å². The molecule has 0 atom stereocenters. The van der Waals surface area contributed by atoms with Crippen LogP contribution in [0, 0.1) is 13.8 Å². The first-order chi connectivity index (χ1) is 6.25. The van der Waals surface area contributed by atoms with Gasteiger partial charge in [0.15, 0.2) is 0 Å². The fourth-order valence-corrected chi connectivity index (χ4v) is 1.49. The summed E-state index contributed by atoms with van der Waals surface area (Å²) < 4.78 is 5.06. The van der Waals surface area contributed by atoms with Crippen molar-refractivity contribution in [2.75, 3.05) is 18.6 Å². The molecule has 13 heavy (non-hydrogen) atoms. The highest BCUT2D eigenvalue weighted by molar-refractivity contribution is 7.98. The van der Waals surface area contributed by atoms with Gasteiger partial charge in [0.25, 0.3) is 0 Å². The van der Waals surface area contributed by atoms with Crippen LogP contribution < -0.4 is 5.32 Å². The molecule has 3 nitrogen and oxygen atoms in total. The van der Waals surface area contributed by atoms with Gasteiger partial charge in [0.1, 0.15) is 5.76 Å². The molecule has 1 aromatic rings. The number of rotatable bonds is 5. The van der Waals surface area contributed by atoms with Gasteiger partial charge in [-0.25, -0.2) is 0 Å². The molecule has 0 fully saturated rings. The summed E-state index contributed by atoms with van der Waals surface area (Å²) in [6.45, 7) is 5.82. The van der Waals surface area contributed by atoms with E-state index >= 15 is 0 Å². The first-order valence-corrected chi connectivity index (χ1v) is 5.76. The molecule has 0 spiro atoms. The number of nitrogens with zero attached hydrogens (tertiary/aromatic N) is 1. The van der Waals surface area contributed by atoms with E-state index in [-0.39, 0.29) is 0 Å². The van der Waals surface area contributed by atoms with E-state index in [1.165, 1.54) is 5.56 Å². The van der Waals surface area contributed by atoms with Crippen LogP contribution in [0.1, 0.15) is 17.0 Å². The molecule has 0 aliphatic carbocycles. The van der Waals surface area contributed by atoms with Crippen LogP contribution in [-0.4, -0.2) is 23.7 Å². The summed E-state index contributed by atoms with van der Waals surface area (Å²) in [5, 5.41) is 7.24. The summed E-state index contributed by atoms with van der Waals surface area (Å²) in [6.07, 6.45) is 2.11. The second-order valence-electron chi connectivity index (χ2n) is 2.97. The molecule has 0 aliphatic heterocycles. The van der Waals surface area contributed by atoms with Crippen LogP contribution in [0.25, 0.3) is 0 Å². The summed E-state index contributed by atoms with van der Waals surface area (Å²) >= 11 is 1.85. The number of nitrogens with one attached hydrogen (secondary N) is 1. The van der Waals surface area contributed by atoms with Crippen molar-refractivity contribution in [1.29, 1.82) is 0 Å². The monoisotopic (exact) mass is 200 g/mol. The Labute approximate surface area is 83.3 Å². The zero-order valence-corrected chi connectivity index (χ0v) is 9.20. The number of thioether (sulfide) groups is 1. The van der Waals surface area contributed by atoms with Crippen LogP contribution in [0.2, 0.25) is 0 Å². The van der Waals surface area contributed by atoms with Crippen molar-refractivity contribution in [1.82, 2.24) is 10.5 Å². The van der Waals surface area contributed by atoms with E-state index in [4.69, 9.17) is 4.52 Å². The van der Waals surface area contributed by atoms with Gasteiger partial charge in [0.05, 0.1) is 5.69 Å². The van der Waals surface area contributed by atoms with Gasteiger partial charge < -0.3 is 9.84 Å². The fraction of sp³-hybridized carbons (Fsp3) is 0.667. The van der Waals surface area contributed by atoms with Crippen LogP contribution in [0.15, 0.2) is 4.52 Å². The Morgan fingerprint density at radius 1 is 1.46 bits per heavy atom. The number of hydrogen-bond acceptors (Lipinski definition) is 4. The van der Waals surface area contributed by atoms with Crippen molar-refractivity contribution in [2.45, 2.75) is 20.4 Å². The third kappa shape index (κ3) is 3.04. The maximum absolute atomic E-state index is 5.06. The van der Waals surface area contributed by atoms with E-state index < -0.39 is 0 Å². The lowest BCUT2D eigenvalue weighted by Gasteiger charge is -2.02. The summed E-state index contributed by atoms with van der Waals surface area (Å²) in [6, 6.07) is 0. The second-order valence-corrected chi connectivity index (χ2v) is 3.96. The van der Waals surface area contributed by atoms with E-state index in [0.717, 1.165) is 30.3 Å². The van der Waals surface area contributed by atoms with E-state index in [0.29, 0.717) is 0 Å². The quantitative estimate of drug-likeness (QED) is 0.735. The zero-order valence-electron chi connectivity index (χ0n) is 8.39. The normalized spacial score (nSPS) is 10.7. The predicted octanol–water partition coefficient (Wildman–Crippen LogP) is 1.74. The van der Waals surface area contributed by atoms with Gasteiger partial charge >= 0.3 is 0 Å². The molecule has 1 N–H and O–H groups in total. The summed E-state index contributed by atoms with van der Waals surface area (Å²) in [7, 11) is 0. The Bertz CT molecular complexity index is 241. The molecule has 4 heteroatoms. The molecular weight excluding hydrogens is 184 g/mol. The average molecular weight is 200 g/mol. The van der Waals surface area contributed by atoms with Gasteiger partial charge in [-0.15, -0.1) is 0 Å². The van der Waals surface area contributed by atoms with Crippen molar-refractivity contribution in [3.05, 3.63) is 17.0 Å². The molecule has 1 heterocycles. The van der Waals surface area contributed by atoms with Crippen molar-refractivity contribution >= 4 is 11.8 Å². The standard InChI is InChI=1S/C9H16N2OS/c1-7-9(8(2)12-11-7)6-10-4-5-13-3/h10H,4-6H2,1-3H3.